The first-order valence-corrected chi connectivity index (χ1v) is 10.7. The number of aromatic nitrogens is 3. The summed E-state index contributed by atoms with van der Waals surface area (Å²) in [6, 6.07) is 13.8. The Labute approximate surface area is 183 Å². The van der Waals surface area contributed by atoms with Gasteiger partial charge < -0.3 is 10.6 Å². The summed E-state index contributed by atoms with van der Waals surface area (Å²) in [5, 5.41) is 6.28. The first-order chi connectivity index (χ1) is 15.2. The van der Waals surface area contributed by atoms with Crippen molar-refractivity contribution in [2.75, 3.05) is 25.0 Å². The molecule has 0 aliphatic carbocycles. The van der Waals surface area contributed by atoms with Gasteiger partial charge in [-0.1, -0.05) is 12.1 Å². The Morgan fingerprint density at radius 2 is 1.87 bits per heavy atom. The third kappa shape index (κ3) is 5.86. The van der Waals surface area contributed by atoms with Gasteiger partial charge in [0.2, 0.25) is 5.91 Å². The van der Waals surface area contributed by atoms with Crippen LogP contribution in [0, 0.1) is 6.92 Å². The molecular weight excluding hydrogens is 388 g/mol. The SMILES string of the molecule is Cc1cccnc1Nc1ccc(C2CCN(CC(=O)NCc3ccccn3)CC2)nc1. The van der Waals surface area contributed by atoms with Gasteiger partial charge in [0.05, 0.1) is 30.7 Å². The molecule has 3 aromatic heterocycles. The molecule has 1 fully saturated rings. The highest BCUT2D eigenvalue weighted by atomic mass is 16.2. The molecule has 0 saturated carbocycles. The predicted octanol–water partition coefficient (Wildman–Crippen LogP) is 3.42. The summed E-state index contributed by atoms with van der Waals surface area (Å²) in [5.74, 6) is 1.33. The zero-order valence-electron chi connectivity index (χ0n) is 17.8. The molecule has 0 atom stereocenters. The average Bonchev–Trinajstić information content (AvgIpc) is 2.81. The van der Waals surface area contributed by atoms with E-state index in [0.29, 0.717) is 19.0 Å². The van der Waals surface area contributed by atoms with Crippen molar-refractivity contribution in [1.82, 2.24) is 25.2 Å². The van der Waals surface area contributed by atoms with E-state index in [0.717, 1.165) is 54.4 Å². The molecule has 0 radical (unpaired) electrons. The Bertz CT molecular complexity index is 984. The molecule has 1 saturated heterocycles. The zero-order valence-corrected chi connectivity index (χ0v) is 17.8. The number of likely N-dealkylation sites (tertiary alicyclic amines) is 1. The third-order valence-electron chi connectivity index (χ3n) is 5.62. The minimum absolute atomic E-state index is 0.0440. The van der Waals surface area contributed by atoms with Crippen LogP contribution in [-0.2, 0) is 11.3 Å². The number of hydrogen-bond acceptors (Lipinski definition) is 6. The number of carbonyl (C=O) groups is 1. The Hall–Kier alpha value is -3.32. The van der Waals surface area contributed by atoms with Gasteiger partial charge in [-0.2, -0.15) is 0 Å². The van der Waals surface area contributed by atoms with E-state index in [2.05, 4.69) is 42.6 Å². The lowest BCUT2D eigenvalue weighted by Gasteiger charge is -2.31. The van der Waals surface area contributed by atoms with Crippen molar-refractivity contribution in [2.24, 2.45) is 0 Å². The van der Waals surface area contributed by atoms with Gasteiger partial charge in [0.1, 0.15) is 5.82 Å². The highest BCUT2D eigenvalue weighted by Crippen LogP contribution is 2.27. The molecule has 1 aliphatic rings. The summed E-state index contributed by atoms with van der Waals surface area (Å²) < 4.78 is 0. The number of aryl methyl sites for hydroxylation is 1. The van der Waals surface area contributed by atoms with Crippen LogP contribution in [0.5, 0.6) is 0 Å². The number of carbonyl (C=O) groups excluding carboxylic acids is 1. The van der Waals surface area contributed by atoms with Crippen molar-refractivity contribution in [3.8, 4) is 0 Å². The Kier molecular flexibility index (Phi) is 6.84. The molecule has 1 amide bonds. The molecule has 0 bridgehead atoms. The van der Waals surface area contributed by atoms with Crippen molar-refractivity contribution in [2.45, 2.75) is 32.2 Å². The van der Waals surface area contributed by atoms with Gasteiger partial charge in [-0.25, -0.2) is 4.98 Å². The van der Waals surface area contributed by atoms with E-state index in [4.69, 9.17) is 0 Å². The van der Waals surface area contributed by atoms with Crippen molar-refractivity contribution in [3.63, 3.8) is 0 Å². The standard InChI is InChI=1S/C24H28N6O/c1-18-5-4-12-26-24(18)29-21-7-8-22(27-16-21)19-9-13-30(14-10-19)17-23(31)28-15-20-6-2-3-11-25-20/h2-8,11-12,16,19H,9-10,13-15,17H2,1H3,(H,26,29)(H,28,31). The first kappa shape index (κ1) is 20.9. The molecular formula is C24H28N6O. The van der Waals surface area contributed by atoms with Crippen LogP contribution in [0.15, 0.2) is 61.1 Å². The summed E-state index contributed by atoms with van der Waals surface area (Å²) >= 11 is 0. The highest BCUT2D eigenvalue weighted by Gasteiger charge is 2.22. The molecule has 31 heavy (non-hydrogen) atoms. The second kappa shape index (κ2) is 10.1. The number of nitrogens with one attached hydrogen (secondary N) is 2. The van der Waals surface area contributed by atoms with Gasteiger partial charge in [-0.15, -0.1) is 0 Å². The minimum atomic E-state index is 0.0440. The lowest BCUT2D eigenvalue weighted by Crippen LogP contribution is -2.41. The number of amides is 1. The van der Waals surface area contributed by atoms with Gasteiger partial charge in [-0.3, -0.25) is 19.7 Å². The molecule has 0 aromatic carbocycles. The monoisotopic (exact) mass is 416 g/mol. The predicted molar refractivity (Wildman–Crippen MR) is 121 cm³/mol. The molecule has 7 nitrogen and oxygen atoms in total. The molecule has 0 unspecified atom stereocenters. The second-order valence-electron chi connectivity index (χ2n) is 7.91. The van der Waals surface area contributed by atoms with Crippen molar-refractivity contribution >= 4 is 17.4 Å². The fraction of sp³-hybridized carbons (Fsp3) is 0.333. The summed E-state index contributed by atoms with van der Waals surface area (Å²) in [7, 11) is 0. The number of nitrogens with zero attached hydrogens (tertiary/aromatic N) is 4. The van der Waals surface area contributed by atoms with Gasteiger partial charge in [-0.05, 0) is 68.8 Å². The lowest BCUT2D eigenvalue weighted by molar-refractivity contribution is -0.122. The smallest absolute Gasteiger partial charge is 0.234 e. The van der Waals surface area contributed by atoms with Crippen molar-refractivity contribution in [3.05, 3.63) is 78.0 Å². The third-order valence-corrected chi connectivity index (χ3v) is 5.62. The second-order valence-corrected chi connectivity index (χ2v) is 7.91. The normalized spacial score (nSPS) is 14.9. The largest absolute Gasteiger partial charge is 0.349 e. The van der Waals surface area contributed by atoms with E-state index in [1.165, 1.54) is 0 Å². The van der Waals surface area contributed by atoms with Gasteiger partial charge in [0.15, 0.2) is 0 Å². The van der Waals surface area contributed by atoms with Gasteiger partial charge >= 0.3 is 0 Å². The van der Waals surface area contributed by atoms with Crippen LogP contribution in [0.25, 0.3) is 0 Å². The maximum atomic E-state index is 12.2. The number of rotatable bonds is 7. The van der Waals surface area contributed by atoms with Crippen LogP contribution in [0.1, 0.15) is 35.7 Å². The Morgan fingerprint density at radius 3 is 2.58 bits per heavy atom. The first-order valence-electron chi connectivity index (χ1n) is 10.7. The number of hydrogen-bond donors (Lipinski definition) is 2. The highest BCUT2D eigenvalue weighted by molar-refractivity contribution is 5.77. The summed E-state index contributed by atoms with van der Waals surface area (Å²) in [6.07, 6.45) is 7.41. The topological polar surface area (TPSA) is 83.0 Å². The van der Waals surface area contributed by atoms with E-state index in [1.807, 2.05) is 43.5 Å². The average molecular weight is 417 g/mol. The maximum absolute atomic E-state index is 12.2. The van der Waals surface area contributed by atoms with Gasteiger partial charge in [0, 0.05) is 24.0 Å². The van der Waals surface area contributed by atoms with Crippen LogP contribution >= 0.6 is 0 Å². The van der Waals surface area contributed by atoms with E-state index in [9.17, 15) is 4.79 Å². The van der Waals surface area contributed by atoms with E-state index < -0.39 is 0 Å². The zero-order chi connectivity index (χ0) is 21.5. The van der Waals surface area contributed by atoms with Crippen LogP contribution in [0.3, 0.4) is 0 Å². The lowest BCUT2D eigenvalue weighted by atomic mass is 9.93. The van der Waals surface area contributed by atoms with Crippen LogP contribution in [-0.4, -0.2) is 45.4 Å². The van der Waals surface area contributed by atoms with Crippen LogP contribution < -0.4 is 10.6 Å². The Morgan fingerprint density at radius 1 is 1.03 bits per heavy atom. The van der Waals surface area contributed by atoms with Gasteiger partial charge in [0.25, 0.3) is 0 Å². The van der Waals surface area contributed by atoms with Crippen molar-refractivity contribution < 1.29 is 4.79 Å². The fourth-order valence-corrected chi connectivity index (χ4v) is 3.81. The number of pyridine rings is 3. The molecule has 160 valence electrons. The van der Waals surface area contributed by atoms with E-state index >= 15 is 0 Å². The molecule has 2 N–H and O–H groups in total. The van der Waals surface area contributed by atoms with Crippen LogP contribution in [0.4, 0.5) is 11.5 Å². The summed E-state index contributed by atoms with van der Waals surface area (Å²) in [5.41, 5.74) is 4.02. The summed E-state index contributed by atoms with van der Waals surface area (Å²) in [6.45, 7) is 4.73. The quantitative estimate of drug-likeness (QED) is 0.614. The maximum Gasteiger partial charge on any atom is 0.234 e. The fourth-order valence-electron chi connectivity index (χ4n) is 3.81. The molecule has 1 aliphatic heterocycles. The van der Waals surface area contributed by atoms with E-state index in [-0.39, 0.29) is 5.91 Å². The number of anilines is 2. The minimum Gasteiger partial charge on any atom is -0.349 e. The summed E-state index contributed by atoms with van der Waals surface area (Å²) in [4.78, 5) is 27.7. The molecule has 0 spiro atoms. The van der Waals surface area contributed by atoms with Crippen LogP contribution in [0.2, 0.25) is 0 Å². The molecule has 4 rings (SSSR count). The molecule has 4 heterocycles. The Balaban J connectivity index is 1.23. The number of piperidine rings is 1. The molecule has 3 aromatic rings. The molecule has 7 heteroatoms. The van der Waals surface area contributed by atoms with Crippen molar-refractivity contribution in [1.29, 1.82) is 0 Å². The van der Waals surface area contributed by atoms with E-state index in [1.54, 1.807) is 12.4 Å².